The number of halogens is 1. The van der Waals surface area contributed by atoms with Gasteiger partial charge in [-0.3, -0.25) is 24.1 Å². The lowest BCUT2D eigenvalue weighted by atomic mass is 9.68. The average molecular weight is 477 g/mol. The molecule has 2 N–H and O–H groups in total. The summed E-state index contributed by atoms with van der Waals surface area (Å²) in [5.41, 5.74) is 1.04. The second-order valence-corrected chi connectivity index (χ2v) is 11.3. The Morgan fingerprint density at radius 1 is 1.13 bits per heavy atom. The number of likely N-dealkylation sites (tertiary alicyclic amines) is 1. The Morgan fingerprint density at radius 3 is 2.48 bits per heavy atom. The molecule has 2 bridgehead atoms. The number of thioether (sulfide) groups is 1. The number of carbonyl (C=O) groups excluding carboxylic acids is 2. The number of benzene rings is 1. The number of nitrogens with one attached hydrogen (secondary N) is 1. The van der Waals surface area contributed by atoms with Crippen molar-refractivity contribution < 1.29 is 19.5 Å². The van der Waals surface area contributed by atoms with Crippen molar-refractivity contribution >= 4 is 52.5 Å². The monoisotopic (exact) mass is 476 g/mol. The van der Waals surface area contributed by atoms with E-state index in [4.69, 9.17) is 16.7 Å². The summed E-state index contributed by atoms with van der Waals surface area (Å²) in [5.74, 6) is -2.80. The molecule has 7 atom stereocenters. The molecule has 10 heteroatoms. The summed E-state index contributed by atoms with van der Waals surface area (Å²) in [5, 5.41) is 10.7. The Bertz CT molecular complexity index is 1190. The molecule has 160 valence electrons. The molecule has 1 aromatic carbocycles. The van der Waals surface area contributed by atoms with Crippen LogP contribution in [-0.4, -0.2) is 44.6 Å². The number of carbonyl (C=O) groups is 3. The van der Waals surface area contributed by atoms with Gasteiger partial charge in [0.05, 0.1) is 16.9 Å². The van der Waals surface area contributed by atoms with Gasteiger partial charge in [-0.25, -0.2) is 0 Å². The van der Waals surface area contributed by atoms with Crippen molar-refractivity contribution in [1.29, 1.82) is 0 Å². The summed E-state index contributed by atoms with van der Waals surface area (Å²) in [6.07, 6.45) is 0.777. The molecule has 3 heterocycles. The third kappa shape index (κ3) is 2.66. The fourth-order valence-corrected chi connectivity index (χ4v) is 9.43. The van der Waals surface area contributed by atoms with E-state index in [0.717, 1.165) is 26.8 Å². The minimum absolute atomic E-state index is 0.00778. The standard InChI is InChI=1S/C21H17ClN2O5S2/c22-8-3-1-7(2-4-8)12-13-9-5-10(16(13)30-18-17(12)31-21(29)23-18)15-14(9)19(27)24(20(15)28)6-11(25)26/h1-4,9-10,12-16H,5-6H2,(H,23,29)(H,25,26)/t9-,10+,12-,13+,14+,15+,16-/m0/s1. The predicted molar refractivity (Wildman–Crippen MR) is 114 cm³/mol. The number of aromatic nitrogens is 1. The second kappa shape index (κ2) is 6.70. The number of aromatic amines is 1. The highest BCUT2D eigenvalue weighted by Gasteiger charge is 2.69. The number of imide groups is 1. The number of carboxylic acid groups (broad SMARTS) is 1. The van der Waals surface area contributed by atoms with Crippen LogP contribution in [-0.2, 0) is 14.4 Å². The molecule has 2 aliphatic carbocycles. The number of thiazole rings is 1. The van der Waals surface area contributed by atoms with Crippen LogP contribution in [0.3, 0.4) is 0 Å². The molecule has 31 heavy (non-hydrogen) atoms. The molecule has 2 saturated carbocycles. The molecule has 4 aliphatic rings. The van der Waals surface area contributed by atoms with Gasteiger partial charge >= 0.3 is 10.8 Å². The maximum atomic E-state index is 13.1. The van der Waals surface area contributed by atoms with Gasteiger partial charge < -0.3 is 10.1 Å². The van der Waals surface area contributed by atoms with Crippen LogP contribution < -0.4 is 4.87 Å². The van der Waals surface area contributed by atoms with Crippen molar-refractivity contribution in [3.05, 3.63) is 49.4 Å². The summed E-state index contributed by atoms with van der Waals surface area (Å²) in [6.45, 7) is -0.576. The minimum Gasteiger partial charge on any atom is -0.480 e. The Labute approximate surface area is 189 Å². The molecule has 1 saturated heterocycles. The topological polar surface area (TPSA) is 108 Å². The Hall–Kier alpha value is -2.10. The van der Waals surface area contributed by atoms with Gasteiger partial charge in [0.15, 0.2) is 0 Å². The van der Waals surface area contributed by atoms with Crippen LogP contribution in [0.25, 0.3) is 0 Å². The first-order valence-electron chi connectivity index (χ1n) is 10.1. The zero-order valence-electron chi connectivity index (χ0n) is 16.0. The van der Waals surface area contributed by atoms with E-state index < -0.39 is 24.3 Å². The largest absolute Gasteiger partial charge is 0.480 e. The molecule has 3 fully saturated rings. The Balaban J connectivity index is 1.45. The fourth-order valence-electron chi connectivity index (χ4n) is 6.41. The first-order valence-corrected chi connectivity index (χ1v) is 12.1. The number of hydrogen-bond acceptors (Lipinski definition) is 6. The highest BCUT2D eigenvalue weighted by atomic mass is 35.5. The van der Waals surface area contributed by atoms with Crippen LogP contribution >= 0.6 is 34.7 Å². The molecular weight excluding hydrogens is 460 g/mol. The lowest BCUT2D eigenvalue weighted by Gasteiger charge is -2.43. The number of carboxylic acids is 1. The molecule has 0 radical (unpaired) electrons. The van der Waals surface area contributed by atoms with E-state index in [1.807, 2.05) is 24.3 Å². The second-order valence-electron chi connectivity index (χ2n) is 8.67. The average Bonchev–Trinajstić information content (AvgIpc) is 3.44. The fraction of sp³-hybridized carbons (Fsp3) is 0.429. The Morgan fingerprint density at radius 2 is 1.81 bits per heavy atom. The normalized spacial score (nSPS) is 35.3. The van der Waals surface area contributed by atoms with Gasteiger partial charge in [-0.1, -0.05) is 35.1 Å². The lowest BCUT2D eigenvalue weighted by Crippen LogP contribution is -2.42. The molecule has 7 nitrogen and oxygen atoms in total. The van der Waals surface area contributed by atoms with E-state index in [0.29, 0.717) is 5.02 Å². The van der Waals surface area contributed by atoms with E-state index in [1.54, 1.807) is 11.8 Å². The molecule has 1 aromatic heterocycles. The van der Waals surface area contributed by atoms with Crippen LogP contribution in [0.2, 0.25) is 5.02 Å². The number of aliphatic carboxylic acids is 1. The minimum atomic E-state index is -1.18. The Kier molecular flexibility index (Phi) is 4.23. The van der Waals surface area contributed by atoms with E-state index in [9.17, 15) is 19.2 Å². The van der Waals surface area contributed by atoms with E-state index in [-0.39, 0.29) is 45.6 Å². The van der Waals surface area contributed by atoms with Crippen LogP contribution in [0, 0.1) is 29.6 Å². The van der Waals surface area contributed by atoms with Crippen molar-refractivity contribution in [1.82, 2.24) is 9.88 Å². The maximum absolute atomic E-state index is 13.1. The number of nitrogens with zero attached hydrogens (tertiary/aromatic N) is 1. The van der Waals surface area contributed by atoms with E-state index in [1.165, 1.54) is 11.3 Å². The van der Waals surface area contributed by atoms with E-state index in [2.05, 4.69) is 4.98 Å². The number of rotatable bonds is 3. The first kappa shape index (κ1) is 19.6. The van der Waals surface area contributed by atoms with Gasteiger partial charge in [-0.05, 0) is 41.9 Å². The summed E-state index contributed by atoms with van der Waals surface area (Å²) < 4.78 is 0. The van der Waals surface area contributed by atoms with Crippen LogP contribution in [0.4, 0.5) is 0 Å². The van der Waals surface area contributed by atoms with Crippen LogP contribution in [0.5, 0.6) is 0 Å². The number of amides is 2. The molecule has 2 aromatic rings. The zero-order chi connectivity index (χ0) is 21.6. The number of H-pyrrole nitrogens is 1. The molecule has 0 spiro atoms. The molecule has 0 unspecified atom stereocenters. The van der Waals surface area contributed by atoms with Gasteiger partial charge in [0.25, 0.3) is 0 Å². The van der Waals surface area contributed by atoms with Crippen molar-refractivity contribution in [3.8, 4) is 0 Å². The number of hydrogen-bond donors (Lipinski definition) is 2. The van der Waals surface area contributed by atoms with Crippen molar-refractivity contribution in [2.45, 2.75) is 22.6 Å². The van der Waals surface area contributed by atoms with Crippen molar-refractivity contribution in [3.63, 3.8) is 0 Å². The third-order valence-electron chi connectivity index (χ3n) is 7.34. The van der Waals surface area contributed by atoms with Crippen LogP contribution in [0.15, 0.2) is 34.1 Å². The lowest BCUT2D eigenvalue weighted by molar-refractivity contribution is -0.149. The van der Waals surface area contributed by atoms with Gasteiger partial charge in [-0.2, -0.15) is 0 Å². The highest BCUT2D eigenvalue weighted by Crippen LogP contribution is 2.68. The highest BCUT2D eigenvalue weighted by molar-refractivity contribution is 8.00. The van der Waals surface area contributed by atoms with Gasteiger partial charge in [0.1, 0.15) is 6.54 Å². The van der Waals surface area contributed by atoms with Gasteiger partial charge in [0, 0.05) is 21.1 Å². The molecule has 2 amide bonds. The quantitative estimate of drug-likeness (QED) is 0.659. The zero-order valence-corrected chi connectivity index (χ0v) is 18.4. The molecule has 6 rings (SSSR count). The third-order valence-corrected chi connectivity index (χ3v) is 10.2. The summed E-state index contributed by atoms with van der Waals surface area (Å²) in [7, 11) is 0. The van der Waals surface area contributed by atoms with Gasteiger partial charge in [-0.15, -0.1) is 11.8 Å². The van der Waals surface area contributed by atoms with Crippen molar-refractivity contribution in [2.75, 3.05) is 6.54 Å². The maximum Gasteiger partial charge on any atom is 0.323 e. The predicted octanol–water partition coefficient (Wildman–Crippen LogP) is 2.65. The molecular formula is C21H17ClN2O5S2. The first-order chi connectivity index (χ1) is 14.8. The smallest absolute Gasteiger partial charge is 0.323 e. The summed E-state index contributed by atoms with van der Waals surface area (Å²) >= 11 is 8.92. The van der Waals surface area contributed by atoms with Crippen LogP contribution in [0.1, 0.15) is 22.8 Å². The van der Waals surface area contributed by atoms with Gasteiger partial charge in [0.2, 0.25) is 11.8 Å². The summed E-state index contributed by atoms with van der Waals surface area (Å²) in [4.78, 5) is 54.3. The number of fused-ring (bicyclic) bond motifs is 9. The summed E-state index contributed by atoms with van der Waals surface area (Å²) in [6, 6.07) is 7.60. The molecule has 2 aliphatic heterocycles. The van der Waals surface area contributed by atoms with Crippen molar-refractivity contribution in [2.24, 2.45) is 29.6 Å². The SMILES string of the molecule is O=C(O)CN1C(=O)[C@@H]2[C@H]3C[C@@H]([C@@H]4Sc5[nH]c(=O)sc5[C@@H](c5ccc(Cl)cc5)[C@@H]34)[C@H]2C1=O. The van der Waals surface area contributed by atoms with E-state index >= 15 is 0 Å².